The van der Waals surface area contributed by atoms with Gasteiger partial charge in [-0.2, -0.15) is 0 Å². The smallest absolute Gasteiger partial charge is 0.300 e. The molecule has 6 nitrogen and oxygen atoms in total. The molecule has 0 aliphatic carbocycles. The number of aliphatic hydroxyl groups excluding tert-OH is 1. The summed E-state index contributed by atoms with van der Waals surface area (Å²) in [5, 5.41) is 11.7. The highest BCUT2D eigenvalue weighted by atomic mass is 35.5. The first-order chi connectivity index (χ1) is 14.9. The van der Waals surface area contributed by atoms with Crippen molar-refractivity contribution >= 4 is 34.7 Å². The van der Waals surface area contributed by atoms with Crippen molar-refractivity contribution in [3.05, 3.63) is 94.3 Å². The molecule has 0 spiro atoms. The summed E-state index contributed by atoms with van der Waals surface area (Å²) in [6.45, 7) is 1.86. The van der Waals surface area contributed by atoms with Crippen LogP contribution in [0.1, 0.15) is 22.9 Å². The van der Waals surface area contributed by atoms with Crippen molar-refractivity contribution in [2.45, 2.75) is 13.0 Å². The molecular weight excluding hydrogens is 416 g/mol. The van der Waals surface area contributed by atoms with Crippen LogP contribution < -0.4 is 9.64 Å². The third kappa shape index (κ3) is 3.66. The minimum Gasteiger partial charge on any atom is -0.507 e. The van der Waals surface area contributed by atoms with E-state index in [1.54, 1.807) is 60.8 Å². The summed E-state index contributed by atoms with van der Waals surface area (Å²) in [6.07, 6.45) is 1.57. The Bertz CT molecular complexity index is 1190. The van der Waals surface area contributed by atoms with Gasteiger partial charge in [0.25, 0.3) is 11.7 Å². The standard InChI is InChI=1S/C24H19ClN2O4/c1-14-6-11-19(31-2)17(13-14)22(28)20-21(18-5-3-4-12-26-18)27(24(30)23(20)29)16-9-7-15(25)8-10-16/h3-13,21,28H,1-2H3/b22-20+. The fourth-order valence-electron chi connectivity index (χ4n) is 3.67. The number of carbonyl (C=O) groups is 2. The van der Waals surface area contributed by atoms with Gasteiger partial charge in [-0.25, -0.2) is 0 Å². The number of aromatic nitrogens is 1. The van der Waals surface area contributed by atoms with Gasteiger partial charge in [-0.05, 0) is 55.5 Å². The first kappa shape index (κ1) is 20.6. The fraction of sp³-hybridized carbons (Fsp3) is 0.125. The van der Waals surface area contributed by atoms with E-state index in [0.29, 0.717) is 27.7 Å². The maximum absolute atomic E-state index is 13.1. The lowest BCUT2D eigenvalue weighted by atomic mass is 9.97. The molecule has 1 aromatic heterocycles. The number of aliphatic hydroxyl groups is 1. The van der Waals surface area contributed by atoms with E-state index in [4.69, 9.17) is 16.3 Å². The lowest BCUT2D eigenvalue weighted by Crippen LogP contribution is -2.29. The van der Waals surface area contributed by atoms with E-state index in [9.17, 15) is 14.7 Å². The Labute approximate surface area is 184 Å². The van der Waals surface area contributed by atoms with Gasteiger partial charge in [-0.3, -0.25) is 19.5 Å². The van der Waals surface area contributed by atoms with Crippen LogP contribution >= 0.6 is 11.6 Å². The van der Waals surface area contributed by atoms with Crippen LogP contribution in [-0.4, -0.2) is 28.9 Å². The SMILES string of the molecule is COc1ccc(C)cc1/C(O)=C1\C(=O)C(=O)N(c2ccc(Cl)cc2)C1c1ccccn1. The molecule has 1 aliphatic rings. The van der Waals surface area contributed by atoms with E-state index in [2.05, 4.69) is 4.98 Å². The molecule has 3 aromatic rings. The Morgan fingerprint density at radius 2 is 1.84 bits per heavy atom. The van der Waals surface area contributed by atoms with Gasteiger partial charge in [0.2, 0.25) is 0 Å². The molecule has 156 valence electrons. The maximum Gasteiger partial charge on any atom is 0.300 e. The number of rotatable bonds is 4. The molecule has 1 N–H and O–H groups in total. The molecule has 1 fully saturated rings. The van der Waals surface area contributed by atoms with Crippen molar-refractivity contribution in [1.82, 2.24) is 4.98 Å². The van der Waals surface area contributed by atoms with E-state index in [1.807, 2.05) is 13.0 Å². The minimum atomic E-state index is -0.910. The molecule has 0 saturated carbocycles. The van der Waals surface area contributed by atoms with E-state index < -0.39 is 17.7 Å². The molecule has 1 amide bonds. The summed E-state index contributed by atoms with van der Waals surface area (Å²) in [5.74, 6) is -1.48. The Morgan fingerprint density at radius 3 is 2.48 bits per heavy atom. The van der Waals surface area contributed by atoms with Crippen LogP contribution in [0.3, 0.4) is 0 Å². The van der Waals surface area contributed by atoms with Crippen molar-refractivity contribution in [2.75, 3.05) is 12.0 Å². The number of amides is 1. The number of hydrogen-bond acceptors (Lipinski definition) is 5. The van der Waals surface area contributed by atoms with E-state index in [-0.39, 0.29) is 11.3 Å². The van der Waals surface area contributed by atoms with Gasteiger partial charge in [0.05, 0.1) is 23.9 Å². The second kappa shape index (κ2) is 8.24. The third-order valence-electron chi connectivity index (χ3n) is 5.13. The highest BCUT2D eigenvalue weighted by Gasteiger charge is 2.47. The minimum absolute atomic E-state index is 0.0532. The molecule has 1 aliphatic heterocycles. The van der Waals surface area contributed by atoms with Crippen LogP contribution in [0.15, 0.2) is 72.4 Å². The van der Waals surface area contributed by atoms with Crippen LogP contribution in [0.5, 0.6) is 5.75 Å². The number of Topliss-reactive ketones (excluding diaryl/α,β-unsaturated/α-hetero) is 1. The van der Waals surface area contributed by atoms with Crippen molar-refractivity contribution in [3.8, 4) is 5.75 Å². The summed E-state index contributed by atoms with van der Waals surface area (Å²) < 4.78 is 5.37. The van der Waals surface area contributed by atoms with Crippen molar-refractivity contribution in [2.24, 2.45) is 0 Å². The van der Waals surface area contributed by atoms with E-state index in [1.165, 1.54) is 12.0 Å². The van der Waals surface area contributed by atoms with Crippen LogP contribution in [0.4, 0.5) is 5.69 Å². The maximum atomic E-state index is 13.1. The molecule has 2 aromatic carbocycles. The van der Waals surface area contributed by atoms with Gasteiger partial charge in [-0.15, -0.1) is 0 Å². The van der Waals surface area contributed by atoms with E-state index >= 15 is 0 Å². The highest BCUT2D eigenvalue weighted by molar-refractivity contribution is 6.51. The van der Waals surface area contributed by atoms with Crippen LogP contribution in [-0.2, 0) is 9.59 Å². The number of benzene rings is 2. The summed E-state index contributed by atoms with van der Waals surface area (Å²) in [4.78, 5) is 31.9. The molecule has 2 heterocycles. The average Bonchev–Trinajstić information content (AvgIpc) is 3.05. The monoisotopic (exact) mass is 434 g/mol. The summed E-state index contributed by atoms with van der Waals surface area (Å²) in [7, 11) is 1.48. The number of pyridine rings is 1. The topological polar surface area (TPSA) is 79.7 Å². The normalized spacial score (nSPS) is 17.8. The number of carbonyl (C=O) groups excluding carboxylic acids is 2. The number of halogens is 1. The van der Waals surface area contributed by atoms with Gasteiger partial charge in [0.1, 0.15) is 17.6 Å². The number of ether oxygens (including phenoxy) is 1. The second-order valence-corrected chi connectivity index (χ2v) is 7.54. The zero-order chi connectivity index (χ0) is 22.1. The van der Waals surface area contributed by atoms with Crippen molar-refractivity contribution in [3.63, 3.8) is 0 Å². The van der Waals surface area contributed by atoms with Crippen molar-refractivity contribution < 1.29 is 19.4 Å². The number of ketones is 1. The third-order valence-corrected chi connectivity index (χ3v) is 5.38. The van der Waals surface area contributed by atoms with Crippen LogP contribution in [0, 0.1) is 6.92 Å². The predicted octanol–water partition coefficient (Wildman–Crippen LogP) is 4.68. The summed E-state index contributed by atoms with van der Waals surface area (Å²) >= 11 is 6.00. The average molecular weight is 435 g/mol. The molecule has 0 radical (unpaired) electrons. The second-order valence-electron chi connectivity index (χ2n) is 7.10. The fourth-order valence-corrected chi connectivity index (χ4v) is 3.80. The quantitative estimate of drug-likeness (QED) is 0.366. The Kier molecular flexibility index (Phi) is 5.48. The Morgan fingerprint density at radius 1 is 1.10 bits per heavy atom. The molecule has 1 saturated heterocycles. The van der Waals surface area contributed by atoms with Gasteiger partial charge in [0.15, 0.2) is 0 Å². The lowest BCUT2D eigenvalue weighted by molar-refractivity contribution is -0.132. The van der Waals surface area contributed by atoms with Crippen LogP contribution in [0.25, 0.3) is 5.76 Å². The first-order valence-corrected chi connectivity index (χ1v) is 9.92. The zero-order valence-corrected chi connectivity index (χ0v) is 17.6. The number of anilines is 1. The number of aryl methyl sites for hydroxylation is 1. The molecule has 7 heteroatoms. The lowest BCUT2D eigenvalue weighted by Gasteiger charge is -2.24. The summed E-state index contributed by atoms with van der Waals surface area (Å²) in [5.41, 5.74) is 2.06. The van der Waals surface area contributed by atoms with Gasteiger partial charge in [0, 0.05) is 16.9 Å². The van der Waals surface area contributed by atoms with Crippen LogP contribution in [0.2, 0.25) is 5.02 Å². The molecule has 0 bridgehead atoms. The number of hydrogen-bond donors (Lipinski definition) is 1. The molecule has 31 heavy (non-hydrogen) atoms. The first-order valence-electron chi connectivity index (χ1n) is 9.55. The van der Waals surface area contributed by atoms with Gasteiger partial charge < -0.3 is 9.84 Å². The zero-order valence-electron chi connectivity index (χ0n) is 16.9. The van der Waals surface area contributed by atoms with E-state index in [0.717, 1.165) is 5.56 Å². The van der Waals surface area contributed by atoms with Crippen molar-refractivity contribution in [1.29, 1.82) is 0 Å². The number of nitrogens with zero attached hydrogens (tertiary/aromatic N) is 2. The molecule has 1 atom stereocenters. The molecule has 1 unspecified atom stereocenters. The number of methoxy groups -OCH3 is 1. The molecule has 4 rings (SSSR count). The highest BCUT2D eigenvalue weighted by Crippen LogP contribution is 2.42. The molecular formula is C24H19ClN2O4. The Hall–Kier alpha value is -3.64. The van der Waals surface area contributed by atoms with Gasteiger partial charge in [-0.1, -0.05) is 29.3 Å². The van der Waals surface area contributed by atoms with Gasteiger partial charge >= 0.3 is 0 Å². The Balaban J connectivity index is 1.97. The summed E-state index contributed by atoms with van der Waals surface area (Å²) in [6, 6.07) is 16.1. The largest absolute Gasteiger partial charge is 0.507 e. The predicted molar refractivity (Wildman–Crippen MR) is 118 cm³/mol.